The van der Waals surface area contributed by atoms with E-state index in [0.717, 1.165) is 26.1 Å². The predicted octanol–water partition coefficient (Wildman–Crippen LogP) is 3.15. The monoisotopic (exact) mass is 235 g/mol. The van der Waals surface area contributed by atoms with E-state index >= 15 is 0 Å². The molecule has 0 bridgehead atoms. The van der Waals surface area contributed by atoms with Crippen LogP contribution in [0, 0.1) is 0 Å². The van der Waals surface area contributed by atoms with Crippen LogP contribution in [-0.4, -0.2) is 19.2 Å². The molecule has 0 atom stereocenters. The number of hydrogen-bond donors (Lipinski definition) is 1. The van der Waals surface area contributed by atoms with Gasteiger partial charge in [-0.15, -0.1) is 0 Å². The first-order chi connectivity index (χ1) is 8.24. The van der Waals surface area contributed by atoms with Crippen molar-refractivity contribution in [3.05, 3.63) is 35.4 Å². The molecule has 0 aliphatic rings. The molecule has 1 rings (SSSR count). The van der Waals surface area contributed by atoms with Crippen LogP contribution >= 0.6 is 0 Å². The summed E-state index contributed by atoms with van der Waals surface area (Å²) in [7, 11) is 0. The third kappa shape index (κ3) is 5.85. The Morgan fingerprint density at radius 3 is 2.47 bits per heavy atom. The minimum Gasteiger partial charge on any atom is -0.374 e. The molecule has 0 fully saturated rings. The second-order valence-electron chi connectivity index (χ2n) is 4.63. The van der Waals surface area contributed by atoms with Gasteiger partial charge < -0.3 is 10.1 Å². The van der Waals surface area contributed by atoms with Gasteiger partial charge in [-0.25, -0.2) is 0 Å². The van der Waals surface area contributed by atoms with Crippen molar-refractivity contribution in [1.82, 2.24) is 5.32 Å². The van der Waals surface area contributed by atoms with Crippen molar-refractivity contribution in [3.63, 3.8) is 0 Å². The Labute approximate surface area is 105 Å². The van der Waals surface area contributed by atoms with Gasteiger partial charge in [0.15, 0.2) is 0 Å². The molecule has 2 nitrogen and oxygen atoms in total. The van der Waals surface area contributed by atoms with Crippen molar-refractivity contribution in [1.29, 1.82) is 0 Å². The number of ether oxygens (including phenoxy) is 1. The molecular weight excluding hydrogens is 210 g/mol. The Balaban J connectivity index is 2.46. The maximum Gasteiger partial charge on any atom is 0.0723 e. The molecule has 0 radical (unpaired) electrons. The van der Waals surface area contributed by atoms with Crippen LogP contribution in [0.4, 0.5) is 0 Å². The Bertz CT molecular complexity index is 310. The highest BCUT2D eigenvalue weighted by Gasteiger charge is 2.02. The number of benzene rings is 1. The van der Waals surface area contributed by atoms with E-state index in [1.165, 1.54) is 17.5 Å². The zero-order valence-corrected chi connectivity index (χ0v) is 11.3. The molecule has 0 unspecified atom stereocenters. The normalized spacial score (nSPS) is 11.1. The lowest BCUT2D eigenvalue weighted by Gasteiger charge is -2.12. The van der Waals surface area contributed by atoms with Gasteiger partial charge >= 0.3 is 0 Å². The van der Waals surface area contributed by atoms with Crippen LogP contribution in [0.3, 0.4) is 0 Å². The standard InChI is InChI=1S/C15H25NO/c1-4-10-16-11-9-14-7-5-6-8-15(14)12-17-13(2)3/h5-8,13,16H,4,9-12H2,1-3H3. The summed E-state index contributed by atoms with van der Waals surface area (Å²) in [6.07, 6.45) is 2.57. The molecule has 1 aromatic carbocycles. The summed E-state index contributed by atoms with van der Waals surface area (Å²) in [4.78, 5) is 0. The molecule has 1 aromatic rings. The highest BCUT2D eigenvalue weighted by molar-refractivity contribution is 5.26. The van der Waals surface area contributed by atoms with E-state index in [1.54, 1.807) is 0 Å². The number of hydrogen-bond acceptors (Lipinski definition) is 2. The van der Waals surface area contributed by atoms with Gasteiger partial charge in [0.25, 0.3) is 0 Å². The van der Waals surface area contributed by atoms with E-state index in [9.17, 15) is 0 Å². The van der Waals surface area contributed by atoms with E-state index in [4.69, 9.17) is 4.74 Å². The molecule has 17 heavy (non-hydrogen) atoms. The SMILES string of the molecule is CCCNCCc1ccccc1COC(C)C. The van der Waals surface area contributed by atoms with Crippen LogP contribution in [0.1, 0.15) is 38.3 Å². The van der Waals surface area contributed by atoms with Gasteiger partial charge in [0.2, 0.25) is 0 Å². The lowest BCUT2D eigenvalue weighted by Crippen LogP contribution is -2.18. The second-order valence-corrected chi connectivity index (χ2v) is 4.63. The fraction of sp³-hybridized carbons (Fsp3) is 0.600. The Morgan fingerprint density at radius 1 is 1.12 bits per heavy atom. The molecule has 0 saturated carbocycles. The first kappa shape index (κ1) is 14.2. The highest BCUT2D eigenvalue weighted by Crippen LogP contribution is 2.11. The average molecular weight is 235 g/mol. The van der Waals surface area contributed by atoms with E-state index in [2.05, 4.69) is 50.4 Å². The second kappa shape index (κ2) is 8.26. The number of rotatable bonds is 8. The third-order valence-electron chi connectivity index (χ3n) is 2.69. The molecule has 0 aliphatic heterocycles. The summed E-state index contributed by atoms with van der Waals surface area (Å²) in [5.41, 5.74) is 2.72. The van der Waals surface area contributed by atoms with E-state index in [0.29, 0.717) is 6.10 Å². The summed E-state index contributed by atoms with van der Waals surface area (Å²) in [5, 5.41) is 3.43. The van der Waals surface area contributed by atoms with E-state index in [-0.39, 0.29) is 0 Å². The lowest BCUT2D eigenvalue weighted by molar-refractivity contribution is 0.0653. The van der Waals surface area contributed by atoms with Crippen LogP contribution in [0.15, 0.2) is 24.3 Å². The predicted molar refractivity (Wildman–Crippen MR) is 73.2 cm³/mol. The van der Waals surface area contributed by atoms with Crippen LogP contribution in [0.25, 0.3) is 0 Å². The van der Waals surface area contributed by atoms with Crippen LogP contribution in [0.2, 0.25) is 0 Å². The Morgan fingerprint density at radius 2 is 1.82 bits per heavy atom. The van der Waals surface area contributed by atoms with Crippen LogP contribution < -0.4 is 5.32 Å². The van der Waals surface area contributed by atoms with Crippen molar-refractivity contribution >= 4 is 0 Å². The zero-order valence-electron chi connectivity index (χ0n) is 11.3. The minimum absolute atomic E-state index is 0.293. The third-order valence-corrected chi connectivity index (χ3v) is 2.69. The fourth-order valence-corrected chi connectivity index (χ4v) is 1.72. The molecule has 0 aliphatic carbocycles. The number of nitrogens with one attached hydrogen (secondary N) is 1. The zero-order chi connectivity index (χ0) is 12.5. The topological polar surface area (TPSA) is 21.3 Å². The Hall–Kier alpha value is -0.860. The van der Waals surface area contributed by atoms with E-state index in [1.807, 2.05) is 0 Å². The first-order valence-corrected chi connectivity index (χ1v) is 6.63. The summed E-state index contributed by atoms with van der Waals surface area (Å²) in [5.74, 6) is 0. The molecule has 2 heteroatoms. The van der Waals surface area contributed by atoms with Gasteiger partial charge in [-0.1, -0.05) is 31.2 Å². The summed E-state index contributed by atoms with van der Waals surface area (Å²) in [6, 6.07) is 8.56. The van der Waals surface area contributed by atoms with Gasteiger partial charge in [0, 0.05) is 0 Å². The fourth-order valence-electron chi connectivity index (χ4n) is 1.72. The van der Waals surface area contributed by atoms with E-state index < -0.39 is 0 Å². The van der Waals surface area contributed by atoms with Gasteiger partial charge in [-0.2, -0.15) is 0 Å². The van der Waals surface area contributed by atoms with Crippen LogP contribution in [-0.2, 0) is 17.8 Å². The maximum absolute atomic E-state index is 5.68. The summed E-state index contributed by atoms with van der Waals surface area (Å²) >= 11 is 0. The average Bonchev–Trinajstić information content (AvgIpc) is 2.33. The quantitative estimate of drug-likeness (QED) is 0.699. The molecule has 0 amide bonds. The molecule has 0 heterocycles. The molecule has 0 saturated heterocycles. The lowest BCUT2D eigenvalue weighted by atomic mass is 10.1. The summed E-state index contributed by atoms with van der Waals surface area (Å²) < 4.78 is 5.68. The van der Waals surface area contributed by atoms with Gasteiger partial charge in [-0.05, 0) is 50.9 Å². The van der Waals surface area contributed by atoms with Crippen molar-refractivity contribution in [2.75, 3.05) is 13.1 Å². The minimum atomic E-state index is 0.293. The highest BCUT2D eigenvalue weighted by atomic mass is 16.5. The Kier molecular flexibility index (Phi) is 6.90. The largest absolute Gasteiger partial charge is 0.374 e. The molecule has 1 N–H and O–H groups in total. The summed E-state index contributed by atoms with van der Waals surface area (Å²) in [6.45, 7) is 9.22. The van der Waals surface area contributed by atoms with Gasteiger partial charge in [0.1, 0.15) is 0 Å². The molecule has 96 valence electrons. The van der Waals surface area contributed by atoms with Crippen molar-refractivity contribution in [2.45, 2.75) is 46.3 Å². The van der Waals surface area contributed by atoms with Gasteiger partial charge in [-0.3, -0.25) is 0 Å². The molecular formula is C15H25NO. The molecule has 0 aromatic heterocycles. The van der Waals surface area contributed by atoms with Crippen molar-refractivity contribution < 1.29 is 4.74 Å². The molecule has 0 spiro atoms. The van der Waals surface area contributed by atoms with Crippen molar-refractivity contribution in [3.8, 4) is 0 Å². The van der Waals surface area contributed by atoms with Gasteiger partial charge in [0.05, 0.1) is 12.7 Å². The smallest absolute Gasteiger partial charge is 0.0723 e. The maximum atomic E-state index is 5.68. The first-order valence-electron chi connectivity index (χ1n) is 6.63. The van der Waals surface area contributed by atoms with Crippen molar-refractivity contribution in [2.24, 2.45) is 0 Å². The van der Waals surface area contributed by atoms with Crippen LogP contribution in [0.5, 0.6) is 0 Å².